The lowest BCUT2D eigenvalue weighted by Gasteiger charge is -2.40. The predicted octanol–water partition coefficient (Wildman–Crippen LogP) is 2.30. The summed E-state index contributed by atoms with van der Waals surface area (Å²) in [4.78, 5) is 3.01. The van der Waals surface area contributed by atoms with Crippen molar-refractivity contribution in [3.8, 4) is 0 Å². The molecule has 2 heterocycles. The molecule has 0 saturated carbocycles. The van der Waals surface area contributed by atoms with Crippen LogP contribution in [0, 0.1) is 0 Å². The van der Waals surface area contributed by atoms with Crippen molar-refractivity contribution in [1.82, 2.24) is 10.2 Å². The van der Waals surface area contributed by atoms with Crippen LogP contribution in [-0.4, -0.2) is 41.2 Å². The van der Waals surface area contributed by atoms with Crippen molar-refractivity contribution in [1.29, 1.82) is 0 Å². The molecule has 1 spiro atoms. The van der Waals surface area contributed by atoms with Crippen LogP contribution in [0.5, 0.6) is 0 Å². The number of nitrogens with one attached hydrogen (secondary N) is 1. The predicted molar refractivity (Wildman–Crippen MR) is 68.4 cm³/mol. The molecule has 88 valence electrons. The second kappa shape index (κ2) is 5.07. The standard InChI is InChI=1S/C12H24N2S/c1-3-14-8-4-6-12(7-9-14)13-11(2)5-10-15-12/h11,13H,3-10H2,1-2H3. The lowest BCUT2D eigenvalue weighted by atomic mass is 10.1. The van der Waals surface area contributed by atoms with Crippen molar-refractivity contribution in [3.63, 3.8) is 0 Å². The molecular formula is C12H24N2S. The van der Waals surface area contributed by atoms with Gasteiger partial charge in [-0.2, -0.15) is 0 Å². The Hall–Kier alpha value is 0.270. The molecule has 2 saturated heterocycles. The highest BCUT2D eigenvalue weighted by Crippen LogP contribution is 2.37. The van der Waals surface area contributed by atoms with Gasteiger partial charge in [-0.05, 0) is 51.4 Å². The number of hydrogen-bond donors (Lipinski definition) is 1. The summed E-state index contributed by atoms with van der Waals surface area (Å²) in [6.07, 6.45) is 5.39. The zero-order valence-electron chi connectivity index (χ0n) is 10.1. The van der Waals surface area contributed by atoms with E-state index in [0.717, 1.165) is 6.04 Å². The molecule has 15 heavy (non-hydrogen) atoms. The van der Waals surface area contributed by atoms with Crippen molar-refractivity contribution < 1.29 is 0 Å². The molecule has 0 amide bonds. The van der Waals surface area contributed by atoms with Gasteiger partial charge in [0.15, 0.2) is 0 Å². The van der Waals surface area contributed by atoms with E-state index in [9.17, 15) is 0 Å². The van der Waals surface area contributed by atoms with Crippen LogP contribution < -0.4 is 5.32 Å². The Bertz CT molecular complexity index is 210. The minimum absolute atomic E-state index is 0.418. The number of thioether (sulfide) groups is 1. The Kier molecular flexibility index (Phi) is 3.97. The van der Waals surface area contributed by atoms with Gasteiger partial charge in [0.2, 0.25) is 0 Å². The quantitative estimate of drug-likeness (QED) is 0.741. The third-order valence-electron chi connectivity index (χ3n) is 3.77. The Labute approximate surface area is 98.2 Å². The summed E-state index contributed by atoms with van der Waals surface area (Å²) in [5, 5.41) is 3.85. The molecule has 0 aromatic carbocycles. The Morgan fingerprint density at radius 2 is 2.27 bits per heavy atom. The van der Waals surface area contributed by atoms with E-state index in [1.807, 2.05) is 0 Å². The third-order valence-corrected chi connectivity index (χ3v) is 5.29. The molecule has 0 bridgehead atoms. The van der Waals surface area contributed by atoms with Crippen LogP contribution in [0.3, 0.4) is 0 Å². The first-order valence-electron chi connectivity index (χ1n) is 6.38. The third kappa shape index (κ3) is 2.89. The summed E-state index contributed by atoms with van der Waals surface area (Å²) in [6, 6.07) is 0.722. The number of nitrogens with zero attached hydrogens (tertiary/aromatic N) is 1. The second-order valence-electron chi connectivity index (χ2n) is 4.96. The monoisotopic (exact) mass is 228 g/mol. The molecule has 0 aromatic rings. The second-order valence-corrected chi connectivity index (χ2v) is 6.44. The van der Waals surface area contributed by atoms with Crippen LogP contribution in [0.1, 0.15) is 39.5 Å². The number of hydrogen-bond acceptors (Lipinski definition) is 3. The average Bonchev–Trinajstić information content (AvgIpc) is 2.41. The van der Waals surface area contributed by atoms with Crippen LogP contribution in [0.4, 0.5) is 0 Å². The van der Waals surface area contributed by atoms with Gasteiger partial charge >= 0.3 is 0 Å². The zero-order valence-corrected chi connectivity index (χ0v) is 10.9. The summed E-state index contributed by atoms with van der Waals surface area (Å²) in [6.45, 7) is 8.42. The molecule has 0 aromatic heterocycles. The van der Waals surface area contributed by atoms with Gasteiger partial charge in [0.1, 0.15) is 0 Å². The zero-order chi connectivity index (χ0) is 10.7. The van der Waals surface area contributed by atoms with Crippen LogP contribution in [0.25, 0.3) is 0 Å². The molecule has 1 N–H and O–H groups in total. The molecule has 2 fully saturated rings. The summed E-state index contributed by atoms with van der Waals surface area (Å²) in [5.74, 6) is 1.35. The number of likely N-dealkylation sites (tertiary alicyclic amines) is 1. The van der Waals surface area contributed by atoms with Gasteiger partial charge in [0.05, 0.1) is 4.87 Å². The highest BCUT2D eigenvalue weighted by Gasteiger charge is 2.36. The topological polar surface area (TPSA) is 15.3 Å². The van der Waals surface area contributed by atoms with Gasteiger partial charge in [-0.1, -0.05) is 6.92 Å². The van der Waals surface area contributed by atoms with E-state index in [0.29, 0.717) is 4.87 Å². The fourth-order valence-corrected chi connectivity index (χ4v) is 4.43. The smallest absolute Gasteiger partial charge is 0.0659 e. The van der Waals surface area contributed by atoms with Crippen LogP contribution >= 0.6 is 11.8 Å². The van der Waals surface area contributed by atoms with Crippen molar-refractivity contribution in [2.24, 2.45) is 0 Å². The minimum Gasteiger partial charge on any atom is -0.304 e. The fourth-order valence-electron chi connectivity index (χ4n) is 2.76. The van der Waals surface area contributed by atoms with Crippen LogP contribution in [0.15, 0.2) is 0 Å². The van der Waals surface area contributed by atoms with Gasteiger partial charge in [-0.3, -0.25) is 0 Å². The van der Waals surface area contributed by atoms with Crippen LogP contribution in [-0.2, 0) is 0 Å². The SMILES string of the molecule is CCN1CCCC2(CC1)NC(C)CCS2. The summed E-state index contributed by atoms with van der Waals surface area (Å²) >= 11 is 2.18. The van der Waals surface area contributed by atoms with Gasteiger partial charge in [-0.15, -0.1) is 11.8 Å². The summed E-state index contributed by atoms with van der Waals surface area (Å²) in [5.41, 5.74) is 0. The maximum atomic E-state index is 3.85. The maximum Gasteiger partial charge on any atom is 0.0659 e. The van der Waals surface area contributed by atoms with Crippen molar-refractivity contribution in [3.05, 3.63) is 0 Å². The Morgan fingerprint density at radius 3 is 3.00 bits per heavy atom. The molecule has 0 radical (unpaired) electrons. The maximum absolute atomic E-state index is 3.85. The van der Waals surface area contributed by atoms with Gasteiger partial charge in [-0.25, -0.2) is 0 Å². The lowest BCUT2D eigenvalue weighted by Crippen LogP contribution is -2.51. The van der Waals surface area contributed by atoms with Crippen LogP contribution in [0.2, 0.25) is 0 Å². The van der Waals surface area contributed by atoms with E-state index in [1.165, 1.54) is 51.1 Å². The van der Waals surface area contributed by atoms with E-state index in [2.05, 4.69) is 35.8 Å². The molecule has 0 aliphatic carbocycles. The largest absolute Gasteiger partial charge is 0.304 e. The van der Waals surface area contributed by atoms with Crippen molar-refractivity contribution in [2.75, 3.05) is 25.4 Å². The first kappa shape index (κ1) is 11.7. The first-order valence-corrected chi connectivity index (χ1v) is 7.37. The van der Waals surface area contributed by atoms with E-state index >= 15 is 0 Å². The van der Waals surface area contributed by atoms with Gasteiger partial charge < -0.3 is 10.2 Å². The first-order chi connectivity index (χ1) is 7.24. The fraction of sp³-hybridized carbons (Fsp3) is 1.00. The molecule has 2 aliphatic heterocycles. The van der Waals surface area contributed by atoms with Crippen molar-refractivity contribution >= 4 is 11.8 Å². The lowest BCUT2D eigenvalue weighted by molar-refractivity contribution is 0.289. The Morgan fingerprint density at radius 1 is 1.40 bits per heavy atom. The van der Waals surface area contributed by atoms with E-state index in [1.54, 1.807) is 0 Å². The normalized spacial score (nSPS) is 39.2. The molecule has 2 aliphatic rings. The highest BCUT2D eigenvalue weighted by molar-refractivity contribution is 8.00. The molecule has 2 nitrogen and oxygen atoms in total. The molecule has 2 atom stereocenters. The van der Waals surface area contributed by atoms with E-state index < -0.39 is 0 Å². The van der Waals surface area contributed by atoms with E-state index in [-0.39, 0.29) is 0 Å². The minimum atomic E-state index is 0.418. The van der Waals surface area contributed by atoms with Crippen molar-refractivity contribution in [2.45, 2.75) is 50.4 Å². The highest BCUT2D eigenvalue weighted by atomic mass is 32.2. The molecular weight excluding hydrogens is 204 g/mol. The van der Waals surface area contributed by atoms with Gasteiger partial charge in [0, 0.05) is 12.6 Å². The molecule has 2 rings (SSSR count). The average molecular weight is 228 g/mol. The van der Waals surface area contributed by atoms with Gasteiger partial charge in [0.25, 0.3) is 0 Å². The summed E-state index contributed by atoms with van der Waals surface area (Å²) in [7, 11) is 0. The molecule has 3 heteroatoms. The number of rotatable bonds is 1. The van der Waals surface area contributed by atoms with E-state index in [4.69, 9.17) is 0 Å². The Balaban J connectivity index is 1.96. The molecule has 2 unspecified atom stereocenters. The summed E-state index contributed by atoms with van der Waals surface area (Å²) < 4.78 is 0.